The van der Waals surface area contributed by atoms with E-state index in [1.165, 1.54) is 17.1 Å². The summed E-state index contributed by atoms with van der Waals surface area (Å²) in [5.41, 5.74) is 0. The Bertz CT molecular complexity index is 383. The Kier molecular flexibility index (Phi) is 2.17. The zero-order chi connectivity index (χ0) is 11.1. The van der Waals surface area contributed by atoms with Crippen LogP contribution in [-0.4, -0.2) is 20.4 Å². The Morgan fingerprint density at radius 3 is 2.80 bits per heavy atom. The van der Waals surface area contributed by atoms with Crippen molar-refractivity contribution in [3.05, 3.63) is 22.6 Å². The summed E-state index contributed by atoms with van der Waals surface area (Å²) in [4.78, 5) is 13.2. The average molecular weight is 217 g/mol. The van der Waals surface area contributed by atoms with Crippen LogP contribution < -0.4 is 0 Å². The third-order valence-corrected chi connectivity index (χ3v) is 2.45. The van der Waals surface area contributed by atoms with Gasteiger partial charge in [0.25, 0.3) is 0 Å². The first kappa shape index (κ1) is 10.0. The molecule has 1 fully saturated rings. The van der Waals surface area contributed by atoms with Crippen molar-refractivity contribution in [2.24, 2.45) is 5.92 Å². The number of nitro groups is 1. The van der Waals surface area contributed by atoms with Crippen LogP contribution in [0.25, 0.3) is 0 Å². The second-order valence-electron chi connectivity index (χ2n) is 3.82. The van der Waals surface area contributed by atoms with Crippen LogP contribution in [0, 0.1) is 16.0 Å². The molecule has 0 atom stereocenters. The fourth-order valence-corrected chi connectivity index (χ4v) is 1.75. The molecule has 0 bridgehead atoms. The molecule has 0 amide bonds. The first-order chi connectivity index (χ1) is 6.96. The Morgan fingerprint density at radius 1 is 1.67 bits per heavy atom. The molecule has 1 aliphatic rings. The number of rotatable bonds is 3. The molecule has 0 radical (unpaired) electrons. The summed E-state index contributed by atoms with van der Waals surface area (Å²) in [5, 5.41) is 10.3. The first-order valence-electron chi connectivity index (χ1n) is 4.50. The summed E-state index contributed by atoms with van der Waals surface area (Å²) in [7, 11) is 0. The van der Waals surface area contributed by atoms with Gasteiger partial charge < -0.3 is 14.7 Å². The fourth-order valence-electron chi connectivity index (χ4n) is 1.75. The van der Waals surface area contributed by atoms with E-state index in [1.807, 2.05) is 0 Å². The van der Waals surface area contributed by atoms with Crippen LogP contribution in [0.1, 0.15) is 12.8 Å². The molecule has 5 nitrogen and oxygen atoms in total. The first-order valence-corrected chi connectivity index (χ1v) is 4.50. The molecule has 0 aliphatic heterocycles. The number of imidazole rings is 1. The highest BCUT2D eigenvalue weighted by Crippen LogP contribution is 2.43. The van der Waals surface area contributed by atoms with Crippen molar-refractivity contribution in [1.29, 1.82) is 0 Å². The second-order valence-corrected chi connectivity index (χ2v) is 3.82. The van der Waals surface area contributed by atoms with Gasteiger partial charge in [-0.2, -0.15) is 0 Å². The molecule has 1 saturated carbocycles. The number of hydrogen-bond acceptors (Lipinski definition) is 3. The minimum absolute atomic E-state index is 0.103. The molecule has 1 heterocycles. The Hall–Kier alpha value is -1.53. The predicted octanol–water partition coefficient (Wildman–Crippen LogP) is 1.84. The van der Waals surface area contributed by atoms with Crippen molar-refractivity contribution >= 4 is 5.82 Å². The van der Waals surface area contributed by atoms with E-state index in [0.717, 1.165) is 0 Å². The second kappa shape index (κ2) is 3.25. The summed E-state index contributed by atoms with van der Waals surface area (Å²) in [6.45, 7) is 0.371. The van der Waals surface area contributed by atoms with Gasteiger partial charge in [0.15, 0.2) is 0 Å². The molecule has 15 heavy (non-hydrogen) atoms. The van der Waals surface area contributed by atoms with Crippen molar-refractivity contribution in [2.75, 3.05) is 0 Å². The lowest BCUT2D eigenvalue weighted by Gasteiger charge is -2.34. The monoisotopic (exact) mass is 217 g/mol. The van der Waals surface area contributed by atoms with Crippen LogP contribution in [0.15, 0.2) is 12.5 Å². The molecule has 0 N–H and O–H groups in total. The van der Waals surface area contributed by atoms with Crippen molar-refractivity contribution in [3.8, 4) is 0 Å². The van der Waals surface area contributed by atoms with Crippen LogP contribution in [0.3, 0.4) is 0 Å². The largest absolute Gasteiger partial charge is 0.381 e. The maximum Gasteiger partial charge on any atom is 0.381 e. The van der Waals surface area contributed by atoms with E-state index in [-0.39, 0.29) is 24.6 Å². The van der Waals surface area contributed by atoms with Gasteiger partial charge in [0.1, 0.15) is 6.20 Å². The van der Waals surface area contributed by atoms with Crippen LogP contribution >= 0.6 is 0 Å². The summed E-state index contributed by atoms with van der Waals surface area (Å²) in [5.74, 6) is -2.90. The lowest BCUT2D eigenvalue weighted by Crippen LogP contribution is -2.37. The van der Waals surface area contributed by atoms with Gasteiger partial charge in [0, 0.05) is 19.4 Å². The molecule has 1 aromatic heterocycles. The van der Waals surface area contributed by atoms with E-state index in [1.54, 1.807) is 0 Å². The zero-order valence-corrected chi connectivity index (χ0v) is 7.77. The molecule has 82 valence electrons. The summed E-state index contributed by atoms with van der Waals surface area (Å²) >= 11 is 0. The Balaban J connectivity index is 1.92. The summed E-state index contributed by atoms with van der Waals surface area (Å²) in [6, 6.07) is 0. The third kappa shape index (κ3) is 2.11. The number of aromatic nitrogens is 2. The molecule has 1 aliphatic carbocycles. The van der Waals surface area contributed by atoms with E-state index in [4.69, 9.17) is 0 Å². The van der Waals surface area contributed by atoms with E-state index in [2.05, 4.69) is 4.98 Å². The molecule has 0 saturated heterocycles. The maximum atomic E-state index is 12.5. The van der Waals surface area contributed by atoms with Gasteiger partial charge in [0.05, 0.1) is 0 Å². The van der Waals surface area contributed by atoms with E-state index in [9.17, 15) is 18.9 Å². The van der Waals surface area contributed by atoms with Crippen LogP contribution in [-0.2, 0) is 6.54 Å². The quantitative estimate of drug-likeness (QED) is 0.573. The van der Waals surface area contributed by atoms with Crippen LogP contribution in [0.2, 0.25) is 0 Å². The van der Waals surface area contributed by atoms with Crippen molar-refractivity contribution < 1.29 is 13.7 Å². The molecule has 0 unspecified atom stereocenters. The predicted molar refractivity (Wildman–Crippen MR) is 46.6 cm³/mol. The smallest absolute Gasteiger partial charge is 0.358 e. The van der Waals surface area contributed by atoms with Gasteiger partial charge in [0.2, 0.25) is 12.2 Å². The lowest BCUT2D eigenvalue weighted by molar-refractivity contribution is -0.389. The summed E-state index contributed by atoms with van der Waals surface area (Å²) in [6.07, 6.45) is 2.28. The molecular formula is C8H9F2N3O2. The van der Waals surface area contributed by atoms with Gasteiger partial charge in [-0.15, -0.1) is 0 Å². The number of hydrogen-bond donors (Lipinski definition) is 0. The van der Waals surface area contributed by atoms with E-state index in [0.29, 0.717) is 6.54 Å². The van der Waals surface area contributed by atoms with Gasteiger partial charge in [-0.05, 0) is 15.8 Å². The van der Waals surface area contributed by atoms with Crippen molar-refractivity contribution in [3.63, 3.8) is 0 Å². The highest BCUT2D eigenvalue weighted by Gasteiger charge is 2.45. The van der Waals surface area contributed by atoms with E-state index < -0.39 is 10.8 Å². The zero-order valence-electron chi connectivity index (χ0n) is 7.77. The minimum Gasteiger partial charge on any atom is -0.358 e. The Labute approximate surface area is 83.9 Å². The summed E-state index contributed by atoms with van der Waals surface area (Å²) < 4.78 is 26.5. The van der Waals surface area contributed by atoms with Crippen LogP contribution in [0.5, 0.6) is 0 Å². The highest BCUT2D eigenvalue weighted by molar-refractivity contribution is 5.12. The SMILES string of the molecule is O=[N+]([O-])c1cn(CC2CC(F)(F)C2)cn1. The molecule has 2 rings (SSSR count). The van der Waals surface area contributed by atoms with Gasteiger partial charge in [-0.1, -0.05) is 0 Å². The number of nitrogens with zero attached hydrogens (tertiary/aromatic N) is 3. The molecule has 0 aromatic carbocycles. The topological polar surface area (TPSA) is 61.0 Å². The lowest BCUT2D eigenvalue weighted by atomic mass is 9.81. The van der Waals surface area contributed by atoms with Gasteiger partial charge in [-0.3, -0.25) is 0 Å². The highest BCUT2D eigenvalue weighted by atomic mass is 19.3. The fraction of sp³-hybridized carbons (Fsp3) is 0.625. The van der Waals surface area contributed by atoms with E-state index >= 15 is 0 Å². The molecule has 1 aromatic rings. The number of halogens is 2. The average Bonchev–Trinajstić information content (AvgIpc) is 2.49. The maximum absolute atomic E-state index is 12.5. The Morgan fingerprint density at radius 2 is 2.33 bits per heavy atom. The molecule has 0 spiro atoms. The number of alkyl halides is 2. The van der Waals surface area contributed by atoms with Crippen molar-refractivity contribution in [1.82, 2.24) is 9.55 Å². The standard InChI is InChI=1S/C8H9F2N3O2/c9-8(10)1-6(2-8)3-12-4-7(11-5-12)13(14)15/h4-6H,1-3H2. The van der Waals surface area contributed by atoms with Gasteiger partial charge >= 0.3 is 5.82 Å². The minimum atomic E-state index is -2.54. The van der Waals surface area contributed by atoms with Gasteiger partial charge in [-0.25, -0.2) is 8.78 Å². The normalized spacial score (nSPS) is 19.9. The van der Waals surface area contributed by atoms with Crippen LogP contribution in [0.4, 0.5) is 14.6 Å². The van der Waals surface area contributed by atoms with Crippen molar-refractivity contribution in [2.45, 2.75) is 25.3 Å². The molecule has 7 heteroatoms. The molecular weight excluding hydrogens is 208 g/mol. The third-order valence-electron chi connectivity index (χ3n) is 2.45.